The van der Waals surface area contributed by atoms with Crippen LogP contribution in [0.15, 0.2) is 30.0 Å². The Bertz CT molecular complexity index is 605. The molecule has 0 unspecified atom stereocenters. The van der Waals surface area contributed by atoms with E-state index in [1.807, 2.05) is 0 Å². The van der Waals surface area contributed by atoms with Gasteiger partial charge in [-0.25, -0.2) is 13.6 Å². The number of rotatable bonds is 3. The molecule has 5 nitrogen and oxygen atoms in total. The van der Waals surface area contributed by atoms with Gasteiger partial charge in [0.1, 0.15) is 11.6 Å². The molecule has 0 aromatic heterocycles. The van der Waals surface area contributed by atoms with Gasteiger partial charge < -0.3 is 14.8 Å². The largest absolute Gasteiger partial charge is 0.445 e. The maximum atomic E-state index is 13.0. The summed E-state index contributed by atoms with van der Waals surface area (Å²) in [7, 11) is 0. The van der Waals surface area contributed by atoms with E-state index in [1.54, 1.807) is 0 Å². The molecule has 112 valence electrons. The van der Waals surface area contributed by atoms with E-state index in [9.17, 15) is 18.4 Å². The highest BCUT2D eigenvalue weighted by Crippen LogP contribution is 2.25. The number of hydrogen-bond acceptors (Lipinski definition) is 4. The number of carbonyl (C=O) groups excluding carboxylic acids is 2. The predicted molar refractivity (Wildman–Crippen MR) is 67.5 cm³/mol. The SMILES string of the molecule is CC1(C)OC(=O)C(=CC(=O)NCc2cc(F)cc(F)c2)O1. The molecule has 0 bridgehead atoms. The van der Waals surface area contributed by atoms with Crippen LogP contribution < -0.4 is 5.32 Å². The zero-order valence-corrected chi connectivity index (χ0v) is 11.4. The number of benzene rings is 1. The van der Waals surface area contributed by atoms with E-state index in [4.69, 9.17) is 9.47 Å². The summed E-state index contributed by atoms with van der Waals surface area (Å²) in [5, 5.41) is 2.39. The highest BCUT2D eigenvalue weighted by Gasteiger charge is 2.37. The molecule has 1 aromatic rings. The van der Waals surface area contributed by atoms with Crippen molar-refractivity contribution in [2.45, 2.75) is 26.2 Å². The van der Waals surface area contributed by atoms with Gasteiger partial charge in [0.15, 0.2) is 0 Å². The lowest BCUT2D eigenvalue weighted by Gasteiger charge is -2.13. The van der Waals surface area contributed by atoms with Gasteiger partial charge in [0.2, 0.25) is 17.5 Å². The molecule has 2 rings (SSSR count). The fourth-order valence-electron chi connectivity index (χ4n) is 1.76. The summed E-state index contributed by atoms with van der Waals surface area (Å²) < 4.78 is 35.9. The fourth-order valence-corrected chi connectivity index (χ4v) is 1.76. The Kier molecular flexibility index (Phi) is 3.93. The lowest BCUT2D eigenvalue weighted by Crippen LogP contribution is -2.22. The number of ether oxygens (including phenoxy) is 2. The molecule has 0 saturated carbocycles. The van der Waals surface area contributed by atoms with Gasteiger partial charge in [0, 0.05) is 26.5 Å². The minimum absolute atomic E-state index is 0.0876. The highest BCUT2D eigenvalue weighted by molar-refractivity contribution is 5.97. The van der Waals surface area contributed by atoms with E-state index in [1.165, 1.54) is 13.8 Å². The molecule has 1 fully saturated rings. The van der Waals surface area contributed by atoms with Gasteiger partial charge in [0.05, 0.1) is 6.08 Å². The van der Waals surface area contributed by atoms with E-state index in [2.05, 4.69) is 5.32 Å². The third-order valence-corrected chi connectivity index (χ3v) is 2.55. The number of cyclic esters (lactones) is 1. The van der Waals surface area contributed by atoms with Gasteiger partial charge in [-0.2, -0.15) is 0 Å². The molecule has 1 N–H and O–H groups in total. The predicted octanol–water partition coefficient (Wildman–Crippen LogP) is 1.77. The summed E-state index contributed by atoms with van der Waals surface area (Å²) in [5.74, 6) is -4.18. The fraction of sp³-hybridized carbons (Fsp3) is 0.286. The number of amides is 1. The Morgan fingerprint density at radius 3 is 2.38 bits per heavy atom. The van der Waals surface area contributed by atoms with Gasteiger partial charge in [-0.15, -0.1) is 0 Å². The third-order valence-electron chi connectivity index (χ3n) is 2.55. The Hall–Kier alpha value is -2.44. The van der Waals surface area contributed by atoms with Crippen LogP contribution in [0.5, 0.6) is 0 Å². The minimum atomic E-state index is -1.12. The van der Waals surface area contributed by atoms with Gasteiger partial charge in [-0.05, 0) is 17.7 Å². The third kappa shape index (κ3) is 4.01. The van der Waals surface area contributed by atoms with Crippen LogP contribution in [0.3, 0.4) is 0 Å². The van der Waals surface area contributed by atoms with Crippen molar-refractivity contribution < 1.29 is 27.8 Å². The smallest absolute Gasteiger partial charge is 0.377 e. The number of hydrogen-bond donors (Lipinski definition) is 1. The second-order valence-corrected chi connectivity index (χ2v) is 4.90. The summed E-state index contributed by atoms with van der Waals surface area (Å²) in [6.07, 6.45) is 0.937. The Morgan fingerprint density at radius 1 is 1.24 bits per heavy atom. The van der Waals surface area contributed by atoms with Crippen molar-refractivity contribution in [3.05, 3.63) is 47.2 Å². The minimum Gasteiger partial charge on any atom is -0.445 e. The van der Waals surface area contributed by atoms with Crippen LogP contribution in [-0.2, 0) is 25.6 Å². The number of carbonyl (C=O) groups is 2. The quantitative estimate of drug-likeness (QED) is 0.682. The first-order valence-electron chi connectivity index (χ1n) is 6.12. The second-order valence-electron chi connectivity index (χ2n) is 4.90. The zero-order chi connectivity index (χ0) is 15.6. The molecular weight excluding hydrogens is 284 g/mol. The zero-order valence-electron chi connectivity index (χ0n) is 11.4. The Morgan fingerprint density at radius 2 is 1.86 bits per heavy atom. The first kappa shape index (κ1) is 15.0. The number of halogens is 2. The Labute approximate surface area is 119 Å². The number of esters is 1. The average Bonchev–Trinajstić information content (AvgIpc) is 2.58. The van der Waals surface area contributed by atoms with Crippen molar-refractivity contribution in [2.75, 3.05) is 0 Å². The maximum absolute atomic E-state index is 13.0. The normalized spacial score (nSPS) is 18.3. The lowest BCUT2D eigenvalue weighted by molar-refractivity contribution is -0.159. The average molecular weight is 297 g/mol. The van der Waals surface area contributed by atoms with Crippen LogP contribution in [0.4, 0.5) is 8.78 Å². The summed E-state index contributed by atoms with van der Waals surface area (Å²) in [5.41, 5.74) is 0.259. The molecule has 7 heteroatoms. The van der Waals surface area contributed by atoms with E-state index in [0.717, 1.165) is 24.3 Å². The molecule has 1 aromatic carbocycles. The molecule has 0 radical (unpaired) electrons. The molecule has 0 atom stereocenters. The van der Waals surface area contributed by atoms with Crippen LogP contribution in [-0.4, -0.2) is 17.7 Å². The van der Waals surface area contributed by atoms with Gasteiger partial charge in [-0.3, -0.25) is 4.79 Å². The van der Waals surface area contributed by atoms with Crippen LogP contribution in [0.2, 0.25) is 0 Å². The second kappa shape index (κ2) is 5.51. The summed E-state index contributed by atoms with van der Waals surface area (Å²) in [4.78, 5) is 23.0. The van der Waals surface area contributed by atoms with Crippen LogP contribution in [0.25, 0.3) is 0 Å². The van der Waals surface area contributed by atoms with Crippen molar-refractivity contribution in [1.29, 1.82) is 0 Å². The summed E-state index contributed by atoms with van der Waals surface area (Å²) in [6, 6.07) is 2.93. The summed E-state index contributed by atoms with van der Waals surface area (Å²) >= 11 is 0. The van der Waals surface area contributed by atoms with Crippen LogP contribution in [0.1, 0.15) is 19.4 Å². The van der Waals surface area contributed by atoms with Crippen molar-refractivity contribution >= 4 is 11.9 Å². The standard InChI is InChI=1S/C14H13F2NO4/c1-14(2)20-11(13(19)21-14)6-12(18)17-7-8-3-9(15)5-10(16)4-8/h3-6H,7H2,1-2H3,(H,17,18). The van der Waals surface area contributed by atoms with Crippen molar-refractivity contribution in [2.24, 2.45) is 0 Å². The first-order valence-corrected chi connectivity index (χ1v) is 6.12. The van der Waals surface area contributed by atoms with Crippen molar-refractivity contribution in [3.8, 4) is 0 Å². The molecule has 0 spiro atoms. The van der Waals surface area contributed by atoms with E-state index >= 15 is 0 Å². The van der Waals surface area contributed by atoms with E-state index in [0.29, 0.717) is 0 Å². The topological polar surface area (TPSA) is 64.6 Å². The summed E-state index contributed by atoms with van der Waals surface area (Å²) in [6.45, 7) is 2.97. The lowest BCUT2D eigenvalue weighted by atomic mass is 10.2. The molecule has 1 amide bonds. The molecule has 1 aliphatic rings. The molecule has 1 heterocycles. The molecule has 1 aliphatic heterocycles. The van der Waals surface area contributed by atoms with E-state index in [-0.39, 0.29) is 17.9 Å². The number of nitrogens with one attached hydrogen (secondary N) is 1. The first-order chi connectivity index (χ1) is 9.75. The highest BCUT2D eigenvalue weighted by atomic mass is 19.1. The molecule has 1 saturated heterocycles. The van der Waals surface area contributed by atoms with Gasteiger partial charge in [0.25, 0.3) is 0 Å². The van der Waals surface area contributed by atoms with Crippen molar-refractivity contribution in [1.82, 2.24) is 5.32 Å². The van der Waals surface area contributed by atoms with Crippen molar-refractivity contribution in [3.63, 3.8) is 0 Å². The van der Waals surface area contributed by atoms with Gasteiger partial charge in [-0.1, -0.05) is 0 Å². The van der Waals surface area contributed by atoms with Crippen LogP contribution in [0, 0.1) is 11.6 Å². The van der Waals surface area contributed by atoms with E-state index < -0.39 is 29.3 Å². The molecule has 21 heavy (non-hydrogen) atoms. The van der Waals surface area contributed by atoms with Gasteiger partial charge >= 0.3 is 5.97 Å². The Balaban J connectivity index is 1.98. The monoisotopic (exact) mass is 297 g/mol. The molecular formula is C14H13F2NO4. The maximum Gasteiger partial charge on any atom is 0.377 e. The molecule has 0 aliphatic carbocycles. The van der Waals surface area contributed by atoms with Crippen LogP contribution >= 0.6 is 0 Å².